The number of nitrogens with two attached hydrogens (primary N) is 1. The molecule has 0 saturated carbocycles. The van der Waals surface area contributed by atoms with Crippen LogP contribution in [0.2, 0.25) is 0 Å². The summed E-state index contributed by atoms with van der Waals surface area (Å²) in [5, 5.41) is 0. The van der Waals surface area contributed by atoms with Gasteiger partial charge in [0.2, 0.25) is 0 Å². The topological polar surface area (TPSA) is 35.2 Å². The Morgan fingerprint density at radius 3 is 2.83 bits per heavy atom. The van der Waals surface area contributed by atoms with Crippen LogP contribution in [0.25, 0.3) is 0 Å². The lowest BCUT2D eigenvalue weighted by molar-refractivity contribution is 0.296. The highest BCUT2D eigenvalue weighted by molar-refractivity contribution is 5.46. The molecule has 0 aliphatic rings. The second-order valence-corrected chi connectivity index (χ2v) is 4.53. The fraction of sp³-hybridized carbons (Fsp3) is 0.467. The monoisotopic (exact) mass is 249 g/mol. The molecule has 0 unspecified atom stereocenters. The molecule has 1 aromatic carbocycles. The minimum absolute atomic E-state index is 0.253. The first-order valence-corrected chi connectivity index (χ1v) is 6.24. The number of hydrogen-bond donors (Lipinski definition) is 1. The maximum atomic E-state index is 13.1. The molecule has 0 aliphatic carbocycles. The third-order valence-corrected chi connectivity index (χ3v) is 2.45. The van der Waals surface area contributed by atoms with E-state index in [9.17, 15) is 4.39 Å². The minimum atomic E-state index is -0.314. The van der Waals surface area contributed by atoms with Crippen molar-refractivity contribution in [2.75, 3.05) is 13.2 Å². The average Bonchev–Trinajstić information content (AvgIpc) is 2.33. The number of ether oxygens (including phenoxy) is 1. The predicted octanol–water partition coefficient (Wildman–Crippen LogP) is 2.95. The molecule has 0 heterocycles. The zero-order valence-corrected chi connectivity index (χ0v) is 11.0. The van der Waals surface area contributed by atoms with Crippen LogP contribution in [-0.2, 0) is 0 Å². The second-order valence-electron chi connectivity index (χ2n) is 4.53. The lowest BCUT2D eigenvalue weighted by Crippen LogP contribution is -2.01. The van der Waals surface area contributed by atoms with E-state index < -0.39 is 0 Å². The van der Waals surface area contributed by atoms with Crippen molar-refractivity contribution < 1.29 is 9.13 Å². The van der Waals surface area contributed by atoms with Gasteiger partial charge in [-0.3, -0.25) is 0 Å². The molecule has 0 fully saturated rings. The summed E-state index contributed by atoms with van der Waals surface area (Å²) in [6.07, 6.45) is 2.10. The van der Waals surface area contributed by atoms with Gasteiger partial charge in [0.1, 0.15) is 11.6 Å². The first-order valence-electron chi connectivity index (χ1n) is 6.24. The molecule has 0 radical (unpaired) electrons. The quantitative estimate of drug-likeness (QED) is 0.643. The van der Waals surface area contributed by atoms with Crippen LogP contribution in [0.15, 0.2) is 18.2 Å². The maximum absolute atomic E-state index is 13.1. The molecule has 18 heavy (non-hydrogen) atoms. The lowest BCUT2D eigenvalue weighted by atomic mass is 10.1. The summed E-state index contributed by atoms with van der Waals surface area (Å²) in [7, 11) is 0. The molecule has 0 spiro atoms. The van der Waals surface area contributed by atoms with Crippen molar-refractivity contribution >= 4 is 0 Å². The van der Waals surface area contributed by atoms with Crippen LogP contribution in [0.4, 0.5) is 4.39 Å². The summed E-state index contributed by atoms with van der Waals surface area (Å²) in [4.78, 5) is 0. The van der Waals surface area contributed by atoms with Gasteiger partial charge in [0, 0.05) is 0 Å². The molecule has 98 valence electrons. The fourth-order valence-electron chi connectivity index (χ4n) is 1.55. The van der Waals surface area contributed by atoms with E-state index in [1.54, 1.807) is 6.07 Å². The van der Waals surface area contributed by atoms with Gasteiger partial charge in [0.05, 0.1) is 18.7 Å². The summed E-state index contributed by atoms with van der Waals surface area (Å²) in [6, 6.07) is 4.37. The van der Waals surface area contributed by atoms with E-state index in [2.05, 4.69) is 25.7 Å². The molecule has 3 heteroatoms. The largest absolute Gasteiger partial charge is 0.492 e. The third kappa shape index (κ3) is 5.20. The molecule has 0 amide bonds. The Morgan fingerprint density at radius 2 is 2.17 bits per heavy atom. The predicted molar refractivity (Wildman–Crippen MR) is 71.9 cm³/mol. The summed E-state index contributed by atoms with van der Waals surface area (Å²) in [5.74, 6) is 6.51. The van der Waals surface area contributed by atoms with Gasteiger partial charge in [-0.1, -0.05) is 25.7 Å². The minimum Gasteiger partial charge on any atom is -0.492 e. The summed E-state index contributed by atoms with van der Waals surface area (Å²) in [6.45, 7) is 5.23. The molecular weight excluding hydrogens is 229 g/mol. The Kier molecular flexibility index (Phi) is 6.24. The van der Waals surface area contributed by atoms with Gasteiger partial charge < -0.3 is 10.5 Å². The number of rotatable bonds is 5. The Labute approximate surface area is 108 Å². The van der Waals surface area contributed by atoms with Crippen molar-refractivity contribution in [2.45, 2.75) is 26.7 Å². The molecule has 2 nitrogen and oxygen atoms in total. The number of benzene rings is 1. The van der Waals surface area contributed by atoms with Crippen molar-refractivity contribution in [3.8, 4) is 17.6 Å². The molecule has 2 N–H and O–H groups in total. The van der Waals surface area contributed by atoms with E-state index in [0.717, 1.165) is 12.8 Å². The van der Waals surface area contributed by atoms with Crippen LogP contribution in [0, 0.1) is 23.6 Å². The smallest absolute Gasteiger partial charge is 0.135 e. The van der Waals surface area contributed by atoms with Crippen molar-refractivity contribution in [2.24, 2.45) is 11.7 Å². The van der Waals surface area contributed by atoms with Crippen molar-refractivity contribution in [1.29, 1.82) is 0 Å². The third-order valence-electron chi connectivity index (χ3n) is 2.45. The van der Waals surface area contributed by atoms with Crippen LogP contribution in [0.3, 0.4) is 0 Å². The van der Waals surface area contributed by atoms with Crippen molar-refractivity contribution in [3.63, 3.8) is 0 Å². The van der Waals surface area contributed by atoms with Crippen LogP contribution >= 0.6 is 0 Å². The Balaban J connectivity index is 2.63. The maximum Gasteiger partial charge on any atom is 0.135 e. The van der Waals surface area contributed by atoms with Crippen LogP contribution in [0.5, 0.6) is 5.75 Å². The first-order chi connectivity index (χ1) is 8.63. The van der Waals surface area contributed by atoms with Crippen molar-refractivity contribution in [1.82, 2.24) is 0 Å². The zero-order chi connectivity index (χ0) is 13.4. The van der Waals surface area contributed by atoms with E-state index in [1.807, 2.05) is 0 Å². The summed E-state index contributed by atoms with van der Waals surface area (Å²) in [5.41, 5.74) is 5.87. The first kappa shape index (κ1) is 14.5. The standard InChI is InChI=1S/C15H20FNO/c1-12(2)5-4-10-18-15-8-7-14(16)11-13(15)6-3-9-17/h7-8,11-12H,4-5,9-10,17H2,1-2H3. The van der Waals surface area contributed by atoms with E-state index in [4.69, 9.17) is 10.5 Å². The number of halogens is 1. The van der Waals surface area contributed by atoms with Gasteiger partial charge in [0.15, 0.2) is 0 Å². The second kappa shape index (κ2) is 7.73. The van der Waals surface area contributed by atoms with Gasteiger partial charge >= 0.3 is 0 Å². The lowest BCUT2D eigenvalue weighted by Gasteiger charge is -2.09. The molecule has 1 rings (SSSR count). The molecule has 0 bridgehead atoms. The van der Waals surface area contributed by atoms with Gasteiger partial charge in [-0.25, -0.2) is 4.39 Å². The molecule has 0 atom stereocenters. The van der Waals surface area contributed by atoms with E-state index in [-0.39, 0.29) is 12.4 Å². The van der Waals surface area contributed by atoms with E-state index in [0.29, 0.717) is 23.8 Å². The summed E-state index contributed by atoms with van der Waals surface area (Å²) < 4.78 is 18.7. The molecule has 1 aromatic rings. The Bertz CT molecular complexity index is 432. The molecular formula is C15H20FNO. The van der Waals surface area contributed by atoms with E-state index >= 15 is 0 Å². The SMILES string of the molecule is CC(C)CCCOc1ccc(F)cc1C#CCN. The van der Waals surface area contributed by atoms with Crippen LogP contribution < -0.4 is 10.5 Å². The average molecular weight is 249 g/mol. The molecule has 0 saturated heterocycles. The Hall–Kier alpha value is -1.53. The van der Waals surface area contributed by atoms with Gasteiger partial charge in [-0.05, 0) is 37.0 Å². The van der Waals surface area contributed by atoms with Gasteiger partial charge in [-0.15, -0.1) is 0 Å². The highest BCUT2D eigenvalue weighted by Crippen LogP contribution is 2.19. The highest BCUT2D eigenvalue weighted by atomic mass is 19.1. The normalized spacial score (nSPS) is 10.1. The summed E-state index contributed by atoms with van der Waals surface area (Å²) >= 11 is 0. The van der Waals surface area contributed by atoms with Crippen molar-refractivity contribution in [3.05, 3.63) is 29.6 Å². The Morgan fingerprint density at radius 1 is 1.39 bits per heavy atom. The zero-order valence-electron chi connectivity index (χ0n) is 11.0. The van der Waals surface area contributed by atoms with Crippen LogP contribution in [-0.4, -0.2) is 13.2 Å². The molecule has 0 aromatic heterocycles. The highest BCUT2D eigenvalue weighted by Gasteiger charge is 2.03. The van der Waals surface area contributed by atoms with Gasteiger partial charge in [0.25, 0.3) is 0 Å². The van der Waals surface area contributed by atoms with Gasteiger partial charge in [-0.2, -0.15) is 0 Å². The number of hydrogen-bond acceptors (Lipinski definition) is 2. The van der Waals surface area contributed by atoms with E-state index in [1.165, 1.54) is 12.1 Å². The molecule has 0 aliphatic heterocycles. The fourth-order valence-corrected chi connectivity index (χ4v) is 1.55. The van der Waals surface area contributed by atoms with Crippen LogP contribution in [0.1, 0.15) is 32.3 Å².